The molecule has 0 aliphatic carbocycles. The van der Waals surface area contributed by atoms with E-state index < -0.39 is 5.97 Å². The summed E-state index contributed by atoms with van der Waals surface area (Å²) in [5.74, 6) is -0.959. The molecule has 0 unspecified atom stereocenters. The fourth-order valence-electron chi connectivity index (χ4n) is 1.69. The number of allylic oxidation sites excluding steroid dienone is 1. The van der Waals surface area contributed by atoms with Crippen LogP contribution < -0.4 is 4.90 Å². The van der Waals surface area contributed by atoms with E-state index in [9.17, 15) is 9.59 Å². The Balaban J connectivity index is 2.82. The number of benzene rings is 1. The van der Waals surface area contributed by atoms with Gasteiger partial charge in [-0.1, -0.05) is 23.8 Å². The number of anilines is 1. The van der Waals surface area contributed by atoms with Crippen LogP contribution >= 0.6 is 0 Å². The van der Waals surface area contributed by atoms with Gasteiger partial charge < -0.3 is 10.0 Å². The molecule has 0 radical (unpaired) electrons. The first kappa shape index (κ1) is 15.0. The Morgan fingerprint density at radius 2 is 1.84 bits per heavy atom. The van der Waals surface area contributed by atoms with Crippen molar-refractivity contribution in [3.63, 3.8) is 0 Å². The third-order valence-corrected chi connectivity index (χ3v) is 2.52. The summed E-state index contributed by atoms with van der Waals surface area (Å²) in [6.07, 6.45) is 2.06. The molecular weight excluding hydrogens is 242 g/mol. The van der Waals surface area contributed by atoms with Crippen LogP contribution in [0.3, 0.4) is 0 Å². The summed E-state index contributed by atoms with van der Waals surface area (Å²) in [6, 6.07) is 9.28. The van der Waals surface area contributed by atoms with Crippen molar-refractivity contribution in [1.82, 2.24) is 0 Å². The number of nitrogens with zero attached hydrogens (tertiary/aromatic N) is 1. The van der Waals surface area contributed by atoms with Crippen LogP contribution in [-0.4, -0.2) is 23.5 Å². The zero-order valence-electron chi connectivity index (χ0n) is 11.3. The summed E-state index contributed by atoms with van der Waals surface area (Å²) in [6.45, 7) is 4.12. The summed E-state index contributed by atoms with van der Waals surface area (Å²) < 4.78 is 0. The van der Waals surface area contributed by atoms with Crippen molar-refractivity contribution in [2.75, 3.05) is 11.4 Å². The number of rotatable bonds is 6. The minimum Gasteiger partial charge on any atom is -0.481 e. The fourth-order valence-corrected chi connectivity index (χ4v) is 1.69. The highest BCUT2D eigenvalue weighted by Gasteiger charge is 2.13. The summed E-state index contributed by atoms with van der Waals surface area (Å²) >= 11 is 0. The second-order valence-corrected chi connectivity index (χ2v) is 4.54. The predicted molar refractivity (Wildman–Crippen MR) is 75.1 cm³/mol. The number of hydrogen-bond donors (Lipinski definition) is 1. The molecule has 1 aromatic carbocycles. The van der Waals surface area contributed by atoms with Gasteiger partial charge in [0.2, 0.25) is 0 Å². The van der Waals surface area contributed by atoms with E-state index in [0.29, 0.717) is 13.0 Å². The largest absolute Gasteiger partial charge is 0.481 e. The third kappa shape index (κ3) is 5.38. The van der Waals surface area contributed by atoms with Gasteiger partial charge >= 0.3 is 5.97 Å². The van der Waals surface area contributed by atoms with Gasteiger partial charge in [0.1, 0.15) is 0 Å². The van der Waals surface area contributed by atoms with Gasteiger partial charge in [-0.25, -0.2) is 0 Å². The molecule has 1 N–H and O–H groups in total. The minimum atomic E-state index is -0.845. The van der Waals surface area contributed by atoms with Crippen LogP contribution in [0.15, 0.2) is 42.0 Å². The highest BCUT2D eigenvalue weighted by atomic mass is 16.4. The number of carbonyl (C=O) groups is 2. The number of carbonyl (C=O) groups excluding carboxylic acids is 1. The molecule has 0 saturated carbocycles. The second-order valence-electron chi connectivity index (χ2n) is 4.54. The number of amides is 1. The molecule has 0 saturated heterocycles. The van der Waals surface area contributed by atoms with Gasteiger partial charge in [-0.15, -0.1) is 0 Å². The van der Waals surface area contributed by atoms with Crippen molar-refractivity contribution in [3.05, 3.63) is 42.0 Å². The Hall–Kier alpha value is -2.10. The van der Waals surface area contributed by atoms with Gasteiger partial charge in [0, 0.05) is 24.7 Å². The van der Waals surface area contributed by atoms with E-state index in [2.05, 4.69) is 0 Å². The smallest absolute Gasteiger partial charge is 0.303 e. The van der Waals surface area contributed by atoms with Crippen LogP contribution in [0.25, 0.3) is 0 Å². The number of carboxylic acids is 1. The first-order valence-corrected chi connectivity index (χ1v) is 6.24. The number of carboxylic acid groups (broad SMARTS) is 1. The van der Waals surface area contributed by atoms with Gasteiger partial charge in [-0.05, 0) is 32.4 Å². The van der Waals surface area contributed by atoms with Crippen molar-refractivity contribution in [3.8, 4) is 0 Å². The molecular formula is C15H19NO3. The summed E-state index contributed by atoms with van der Waals surface area (Å²) in [5, 5.41) is 8.67. The maximum absolute atomic E-state index is 12.1. The quantitative estimate of drug-likeness (QED) is 0.801. The summed E-state index contributed by atoms with van der Waals surface area (Å²) in [7, 11) is 0. The lowest BCUT2D eigenvalue weighted by atomic mass is 10.2. The zero-order chi connectivity index (χ0) is 14.3. The van der Waals surface area contributed by atoms with E-state index in [1.807, 2.05) is 44.2 Å². The molecule has 0 fully saturated rings. The Morgan fingerprint density at radius 3 is 2.37 bits per heavy atom. The van der Waals surface area contributed by atoms with Crippen molar-refractivity contribution in [2.45, 2.75) is 26.7 Å². The van der Waals surface area contributed by atoms with Gasteiger partial charge in [0.05, 0.1) is 0 Å². The maximum Gasteiger partial charge on any atom is 0.303 e. The lowest BCUT2D eigenvalue weighted by Crippen LogP contribution is -2.30. The molecule has 4 nitrogen and oxygen atoms in total. The van der Waals surface area contributed by atoms with E-state index in [4.69, 9.17) is 5.11 Å². The standard InChI is InChI=1S/C15H19NO3/c1-12(2)11-14(17)16(10-6-9-15(18)19)13-7-4-3-5-8-13/h3-5,7-8,11H,6,9-10H2,1-2H3,(H,18,19). The van der Waals surface area contributed by atoms with E-state index in [0.717, 1.165) is 11.3 Å². The Bertz CT molecular complexity index is 462. The molecule has 4 heteroatoms. The number of aliphatic carboxylic acids is 1. The van der Waals surface area contributed by atoms with Crippen LogP contribution in [0, 0.1) is 0 Å². The van der Waals surface area contributed by atoms with Crippen LogP contribution in [0.2, 0.25) is 0 Å². The van der Waals surface area contributed by atoms with E-state index in [-0.39, 0.29) is 12.3 Å². The second kappa shape index (κ2) is 7.36. The molecule has 0 heterocycles. The molecule has 0 aliphatic heterocycles. The predicted octanol–water partition coefficient (Wildman–Crippen LogP) is 2.85. The molecule has 0 aromatic heterocycles. The lowest BCUT2D eigenvalue weighted by Gasteiger charge is -2.21. The number of para-hydroxylation sites is 1. The van der Waals surface area contributed by atoms with Crippen LogP contribution in [0.4, 0.5) is 5.69 Å². The molecule has 0 bridgehead atoms. The average Bonchev–Trinajstić information content (AvgIpc) is 2.34. The molecule has 1 amide bonds. The first-order valence-electron chi connectivity index (χ1n) is 6.24. The van der Waals surface area contributed by atoms with Gasteiger partial charge in [-0.3, -0.25) is 9.59 Å². The highest BCUT2D eigenvalue weighted by Crippen LogP contribution is 2.15. The van der Waals surface area contributed by atoms with Crippen molar-refractivity contribution in [2.24, 2.45) is 0 Å². The van der Waals surface area contributed by atoms with Crippen LogP contribution in [-0.2, 0) is 9.59 Å². The zero-order valence-corrected chi connectivity index (χ0v) is 11.3. The molecule has 0 aliphatic rings. The molecule has 0 spiro atoms. The highest BCUT2D eigenvalue weighted by molar-refractivity contribution is 6.01. The van der Waals surface area contributed by atoms with Gasteiger partial charge in [0.15, 0.2) is 0 Å². The molecule has 19 heavy (non-hydrogen) atoms. The minimum absolute atomic E-state index is 0.0609. The van der Waals surface area contributed by atoms with Crippen molar-refractivity contribution < 1.29 is 14.7 Å². The van der Waals surface area contributed by atoms with E-state index in [1.165, 1.54) is 0 Å². The summed E-state index contributed by atoms with van der Waals surface area (Å²) in [5.41, 5.74) is 1.71. The monoisotopic (exact) mass is 261 g/mol. The Kier molecular flexibility index (Phi) is 5.79. The molecule has 1 aromatic rings. The SMILES string of the molecule is CC(C)=CC(=O)N(CCCC(=O)O)c1ccccc1. The van der Waals surface area contributed by atoms with Crippen LogP contribution in [0.5, 0.6) is 0 Å². The van der Waals surface area contributed by atoms with E-state index >= 15 is 0 Å². The topological polar surface area (TPSA) is 57.6 Å². The first-order chi connectivity index (χ1) is 9.00. The maximum atomic E-state index is 12.1. The fraction of sp³-hybridized carbons (Fsp3) is 0.333. The molecule has 1 rings (SSSR count). The van der Waals surface area contributed by atoms with Gasteiger partial charge in [-0.2, -0.15) is 0 Å². The number of hydrogen-bond acceptors (Lipinski definition) is 2. The van der Waals surface area contributed by atoms with Crippen LogP contribution in [0.1, 0.15) is 26.7 Å². The average molecular weight is 261 g/mol. The summed E-state index contributed by atoms with van der Waals surface area (Å²) in [4.78, 5) is 24.3. The van der Waals surface area contributed by atoms with E-state index in [1.54, 1.807) is 11.0 Å². The Labute approximate surface area is 113 Å². The molecule has 0 atom stereocenters. The van der Waals surface area contributed by atoms with Gasteiger partial charge in [0.25, 0.3) is 5.91 Å². The third-order valence-electron chi connectivity index (χ3n) is 2.52. The Morgan fingerprint density at radius 1 is 1.21 bits per heavy atom. The van der Waals surface area contributed by atoms with Crippen molar-refractivity contribution >= 4 is 17.6 Å². The normalized spacial score (nSPS) is 9.79. The lowest BCUT2D eigenvalue weighted by molar-refractivity contribution is -0.137. The molecule has 102 valence electrons. The van der Waals surface area contributed by atoms with Crippen molar-refractivity contribution in [1.29, 1.82) is 0 Å².